The SMILES string of the molecule is Cc1ccc([N+](=O)[O-])c(C(=O)Nc2ccc(-n3nc(C)cc3OC(=O)c3cc(C)ccc3[N+](=O)[O-])cc2)c1. The molecule has 12 heteroatoms. The first-order chi connectivity index (χ1) is 18.0. The summed E-state index contributed by atoms with van der Waals surface area (Å²) in [6, 6.07) is 16.2. The Morgan fingerprint density at radius 3 is 1.95 bits per heavy atom. The molecule has 0 atom stereocenters. The number of anilines is 1. The zero-order valence-corrected chi connectivity index (χ0v) is 20.5. The van der Waals surface area contributed by atoms with E-state index in [1.165, 1.54) is 41.1 Å². The number of nitrogens with one attached hydrogen (secondary N) is 1. The number of hydrogen-bond donors (Lipinski definition) is 1. The number of carbonyl (C=O) groups excluding carboxylic acids is 2. The number of benzene rings is 3. The molecule has 0 unspecified atom stereocenters. The van der Waals surface area contributed by atoms with Crippen molar-refractivity contribution in [3.63, 3.8) is 0 Å². The van der Waals surface area contributed by atoms with E-state index in [-0.39, 0.29) is 28.4 Å². The van der Waals surface area contributed by atoms with E-state index >= 15 is 0 Å². The van der Waals surface area contributed by atoms with Gasteiger partial charge in [-0.3, -0.25) is 25.0 Å². The molecule has 0 radical (unpaired) electrons. The minimum absolute atomic E-state index is 0.0375. The second-order valence-electron chi connectivity index (χ2n) is 8.48. The van der Waals surface area contributed by atoms with E-state index in [0.29, 0.717) is 28.2 Å². The van der Waals surface area contributed by atoms with Crippen LogP contribution in [0.15, 0.2) is 66.7 Å². The largest absolute Gasteiger partial charge is 0.404 e. The number of amides is 1. The number of nitro groups is 2. The molecule has 1 amide bonds. The third-order valence-corrected chi connectivity index (χ3v) is 5.53. The highest BCUT2D eigenvalue weighted by molar-refractivity contribution is 6.07. The van der Waals surface area contributed by atoms with Gasteiger partial charge in [0.2, 0.25) is 5.88 Å². The van der Waals surface area contributed by atoms with E-state index in [1.807, 2.05) is 0 Å². The van der Waals surface area contributed by atoms with Gasteiger partial charge in [0.25, 0.3) is 17.3 Å². The molecule has 0 saturated heterocycles. The van der Waals surface area contributed by atoms with Crippen LogP contribution in [-0.2, 0) is 0 Å². The molecule has 4 aromatic rings. The molecular weight excluding hydrogens is 494 g/mol. The summed E-state index contributed by atoms with van der Waals surface area (Å²) in [5, 5.41) is 29.6. The summed E-state index contributed by atoms with van der Waals surface area (Å²) in [6.45, 7) is 5.11. The van der Waals surface area contributed by atoms with Crippen LogP contribution in [0.5, 0.6) is 5.88 Å². The molecule has 1 heterocycles. The summed E-state index contributed by atoms with van der Waals surface area (Å²) < 4.78 is 6.81. The molecular formula is C26H21N5O7. The number of ether oxygens (including phenoxy) is 1. The van der Waals surface area contributed by atoms with Crippen molar-refractivity contribution in [1.29, 1.82) is 0 Å². The van der Waals surface area contributed by atoms with E-state index in [1.54, 1.807) is 51.1 Å². The molecule has 0 bridgehead atoms. The normalized spacial score (nSPS) is 10.6. The molecule has 0 aliphatic carbocycles. The Morgan fingerprint density at radius 1 is 0.816 bits per heavy atom. The molecule has 38 heavy (non-hydrogen) atoms. The maximum atomic E-state index is 12.8. The van der Waals surface area contributed by atoms with Crippen LogP contribution < -0.4 is 10.1 Å². The Hall–Kier alpha value is -5.39. The maximum Gasteiger partial charge on any atom is 0.351 e. The van der Waals surface area contributed by atoms with Gasteiger partial charge in [-0.1, -0.05) is 12.1 Å². The average molecular weight is 515 g/mol. The van der Waals surface area contributed by atoms with Crippen molar-refractivity contribution in [1.82, 2.24) is 9.78 Å². The lowest BCUT2D eigenvalue weighted by molar-refractivity contribution is -0.385. The fourth-order valence-electron chi connectivity index (χ4n) is 3.73. The summed E-state index contributed by atoms with van der Waals surface area (Å²) in [7, 11) is 0. The molecule has 1 N–H and O–H groups in total. The number of rotatable bonds is 7. The van der Waals surface area contributed by atoms with Crippen molar-refractivity contribution in [2.45, 2.75) is 20.8 Å². The second kappa shape index (κ2) is 10.3. The highest BCUT2D eigenvalue weighted by Gasteiger charge is 2.24. The van der Waals surface area contributed by atoms with Crippen LogP contribution in [0, 0.1) is 41.0 Å². The van der Waals surface area contributed by atoms with Gasteiger partial charge in [0.05, 0.1) is 21.2 Å². The van der Waals surface area contributed by atoms with Crippen molar-refractivity contribution in [2.75, 3.05) is 5.32 Å². The van der Waals surface area contributed by atoms with Gasteiger partial charge in [0, 0.05) is 23.9 Å². The van der Waals surface area contributed by atoms with E-state index in [2.05, 4.69) is 10.4 Å². The number of esters is 1. The predicted molar refractivity (Wildman–Crippen MR) is 137 cm³/mol. The van der Waals surface area contributed by atoms with Crippen LogP contribution in [0.3, 0.4) is 0 Å². The van der Waals surface area contributed by atoms with E-state index in [9.17, 15) is 29.8 Å². The van der Waals surface area contributed by atoms with E-state index < -0.39 is 21.7 Å². The van der Waals surface area contributed by atoms with Gasteiger partial charge in [0.15, 0.2) is 0 Å². The van der Waals surface area contributed by atoms with Crippen molar-refractivity contribution in [2.24, 2.45) is 0 Å². The lowest BCUT2D eigenvalue weighted by Crippen LogP contribution is -2.15. The van der Waals surface area contributed by atoms with E-state index in [0.717, 1.165) is 0 Å². The second-order valence-corrected chi connectivity index (χ2v) is 8.48. The molecule has 0 fully saturated rings. The molecule has 0 aliphatic heterocycles. The highest BCUT2D eigenvalue weighted by atomic mass is 16.6. The van der Waals surface area contributed by atoms with E-state index in [4.69, 9.17) is 4.74 Å². The third kappa shape index (κ3) is 5.38. The predicted octanol–water partition coefficient (Wildman–Crippen LogP) is 5.09. The van der Waals surface area contributed by atoms with Gasteiger partial charge in [-0.05, 0) is 68.3 Å². The third-order valence-electron chi connectivity index (χ3n) is 5.53. The topological polar surface area (TPSA) is 160 Å². The lowest BCUT2D eigenvalue weighted by Gasteiger charge is -2.10. The number of nitrogens with zero attached hydrogens (tertiary/aromatic N) is 4. The van der Waals surface area contributed by atoms with Crippen molar-refractivity contribution < 1.29 is 24.2 Å². The van der Waals surface area contributed by atoms with Crippen molar-refractivity contribution in [3.05, 3.63) is 115 Å². The monoisotopic (exact) mass is 515 g/mol. The Morgan fingerprint density at radius 2 is 1.37 bits per heavy atom. The number of aromatic nitrogens is 2. The van der Waals surface area contributed by atoms with Gasteiger partial charge in [0.1, 0.15) is 11.1 Å². The Balaban J connectivity index is 1.57. The van der Waals surface area contributed by atoms with Crippen molar-refractivity contribution >= 4 is 28.9 Å². The molecule has 12 nitrogen and oxygen atoms in total. The maximum absolute atomic E-state index is 12.8. The van der Waals surface area contributed by atoms with Crippen LogP contribution in [0.2, 0.25) is 0 Å². The Bertz CT molecular complexity index is 1590. The number of hydrogen-bond acceptors (Lipinski definition) is 8. The highest BCUT2D eigenvalue weighted by Crippen LogP contribution is 2.26. The van der Waals surface area contributed by atoms with Crippen LogP contribution in [0.4, 0.5) is 17.1 Å². The quantitative estimate of drug-likeness (QED) is 0.202. The van der Waals surface area contributed by atoms with Crippen LogP contribution in [0.25, 0.3) is 5.69 Å². The molecule has 0 saturated carbocycles. The summed E-state index contributed by atoms with van der Waals surface area (Å²) in [5.41, 5.74) is 1.77. The fraction of sp³-hybridized carbons (Fsp3) is 0.115. The fourth-order valence-corrected chi connectivity index (χ4v) is 3.73. The van der Waals surface area contributed by atoms with Gasteiger partial charge < -0.3 is 10.1 Å². The number of aryl methyl sites for hydroxylation is 3. The van der Waals surface area contributed by atoms with Crippen LogP contribution in [-0.4, -0.2) is 31.5 Å². The zero-order chi connectivity index (χ0) is 27.6. The summed E-state index contributed by atoms with van der Waals surface area (Å²) in [6.07, 6.45) is 0. The van der Waals surface area contributed by atoms with Crippen molar-refractivity contribution in [3.8, 4) is 11.6 Å². The first-order valence-electron chi connectivity index (χ1n) is 11.2. The molecule has 0 spiro atoms. The summed E-state index contributed by atoms with van der Waals surface area (Å²) in [4.78, 5) is 47.0. The first-order valence-corrected chi connectivity index (χ1v) is 11.2. The molecule has 4 rings (SSSR count). The average Bonchev–Trinajstić information content (AvgIpc) is 3.23. The number of nitro benzene ring substituents is 2. The Kier molecular flexibility index (Phi) is 6.97. The summed E-state index contributed by atoms with van der Waals surface area (Å²) >= 11 is 0. The zero-order valence-electron chi connectivity index (χ0n) is 20.5. The van der Waals surface area contributed by atoms with Gasteiger partial charge in [-0.15, -0.1) is 0 Å². The molecule has 1 aromatic heterocycles. The van der Waals surface area contributed by atoms with Gasteiger partial charge in [-0.2, -0.15) is 5.10 Å². The molecule has 192 valence electrons. The standard InChI is InChI=1S/C26H21N5O7/c1-15-4-10-22(30(34)35)20(12-15)25(32)27-18-6-8-19(9-7-18)29-24(14-17(3)28-29)38-26(33)21-13-16(2)5-11-23(21)31(36)37/h4-14H,1-3H3,(H,27,32). The minimum Gasteiger partial charge on any atom is -0.404 e. The smallest absolute Gasteiger partial charge is 0.351 e. The first kappa shape index (κ1) is 25.7. The Labute approximate surface area is 215 Å². The van der Waals surface area contributed by atoms with Gasteiger partial charge in [-0.25, -0.2) is 9.48 Å². The van der Waals surface area contributed by atoms with Crippen LogP contribution in [0.1, 0.15) is 37.5 Å². The number of carbonyl (C=O) groups is 2. The minimum atomic E-state index is -0.912. The molecule has 3 aromatic carbocycles. The van der Waals surface area contributed by atoms with Gasteiger partial charge >= 0.3 is 5.97 Å². The summed E-state index contributed by atoms with van der Waals surface area (Å²) in [5.74, 6) is -1.52. The molecule has 0 aliphatic rings. The lowest BCUT2D eigenvalue weighted by atomic mass is 10.1. The van der Waals surface area contributed by atoms with Crippen LogP contribution >= 0.6 is 0 Å².